The minimum atomic E-state index is -3.71. The van der Waals surface area contributed by atoms with Crippen LogP contribution in [-0.2, 0) is 15.8 Å². The SMILES string of the molecule is COc1cc(SC2CCCC2)cnc1NS(=O)(=O)Cc1cc(Cl)cc(Cl)c1. The van der Waals surface area contributed by atoms with Gasteiger partial charge in [-0.15, -0.1) is 11.8 Å². The molecule has 5 nitrogen and oxygen atoms in total. The number of aromatic nitrogens is 1. The van der Waals surface area contributed by atoms with Gasteiger partial charge in [0.15, 0.2) is 11.6 Å². The van der Waals surface area contributed by atoms with Gasteiger partial charge in [0.05, 0.1) is 12.9 Å². The van der Waals surface area contributed by atoms with Gasteiger partial charge in [-0.2, -0.15) is 0 Å². The first-order chi connectivity index (χ1) is 12.8. The first-order valence-electron chi connectivity index (χ1n) is 8.51. The number of benzene rings is 1. The van der Waals surface area contributed by atoms with Crippen LogP contribution < -0.4 is 9.46 Å². The molecule has 0 spiro atoms. The van der Waals surface area contributed by atoms with E-state index < -0.39 is 10.0 Å². The van der Waals surface area contributed by atoms with E-state index in [1.165, 1.54) is 32.8 Å². The van der Waals surface area contributed by atoms with E-state index in [4.69, 9.17) is 27.9 Å². The monoisotopic (exact) mass is 446 g/mol. The molecule has 1 N–H and O–H groups in total. The first kappa shape index (κ1) is 20.6. The number of anilines is 1. The molecule has 1 fully saturated rings. The average Bonchev–Trinajstić information content (AvgIpc) is 3.07. The Hall–Kier alpha value is -1.15. The lowest BCUT2D eigenvalue weighted by Gasteiger charge is -2.14. The molecule has 0 atom stereocenters. The van der Waals surface area contributed by atoms with Crippen LogP contribution >= 0.6 is 35.0 Å². The van der Waals surface area contributed by atoms with Crippen LogP contribution in [0.15, 0.2) is 35.4 Å². The summed E-state index contributed by atoms with van der Waals surface area (Å²) < 4.78 is 32.9. The Bertz CT molecular complexity index is 897. The Labute approximate surface area is 173 Å². The maximum absolute atomic E-state index is 12.5. The van der Waals surface area contributed by atoms with Crippen molar-refractivity contribution in [2.45, 2.75) is 41.6 Å². The minimum absolute atomic E-state index is 0.168. The van der Waals surface area contributed by atoms with Gasteiger partial charge in [-0.05, 0) is 42.7 Å². The number of thioether (sulfide) groups is 1. The largest absolute Gasteiger partial charge is 0.493 e. The summed E-state index contributed by atoms with van der Waals surface area (Å²) in [5, 5.41) is 1.36. The summed E-state index contributed by atoms with van der Waals surface area (Å²) in [6, 6.07) is 6.51. The van der Waals surface area contributed by atoms with Gasteiger partial charge >= 0.3 is 0 Å². The second-order valence-corrected chi connectivity index (χ2v) is 10.4. The molecule has 0 amide bonds. The summed E-state index contributed by atoms with van der Waals surface area (Å²) in [5.74, 6) is 0.295. The molecule has 3 rings (SSSR count). The highest BCUT2D eigenvalue weighted by Crippen LogP contribution is 2.37. The Morgan fingerprint density at radius 1 is 1.19 bits per heavy atom. The number of nitrogens with zero attached hydrogens (tertiary/aromatic N) is 1. The van der Waals surface area contributed by atoms with E-state index >= 15 is 0 Å². The molecule has 1 aliphatic carbocycles. The molecule has 0 radical (unpaired) electrons. The van der Waals surface area contributed by atoms with Crippen molar-refractivity contribution < 1.29 is 13.2 Å². The predicted molar refractivity (Wildman–Crippen MR) is 112 cm³/mol. The van der Waals surface area contributed by atoms with Crippen molar-refractivity contribution in [2.75, 3.05) is 11.8 Å². The molecular weight excluding hydrogens is 427 g/mol. The minimum Gasteiger partial charge on any atom is -0.493 e. The number of halogens is 2. The molecule has 2 aromatic rings. The summed E-state index contributed by atoms with van der Waals surface area (Å²) in [7, 11) is -2.21. The van der Waals surface area contributed by atoms with Crippen molar-refractivity contribution in [3.8, 4) is 5.75 Å². The zero-order chi connectivity index (χ0) is 19.4. The van der Waals surface area contributed by atoms with Crippen LogP contribution in [0.3, 0.4) is 0 Å². The fraction of sp³-hybridized carbons (Fsp3) is 0.389. The third-order valence-electron chi connectivity index (χ3n) is 4.18. The fourth-order valence-electron chi connectivity index (χ4n) is 3.02. The lowest BCUT2D eigenvalue weighted by atomic mass is 10.2. The quantitative estimate of drug-likeness (QED) is 0.618. The number of methoxy groups -OCH3 is 1. The fourth-order valence-corrected chi connectivity index (χ4v) is 5.96. The Kier molecular flexibility index (Phi) is 6.78. The number of ether oxygens (including phenoxy) is 1. The average molecular weight is 447 g/mol. The van der Waals surface area contributed by atoms with Crippen LogP contribution in [0.4, 0.5) is 5.82 Å². The van der Waals surface area contributed by atoms with Gasteiger partial charge in [-0.3, -0.25) is 4.72 Å². The van der Waals surface area contributed by atoms with E-state index in [0.29, 0.717) is 26.6 Å². The van der Waals surface area contributed by atoms with Gasteiger partial charge in [-0.25, -0.2) is 13.4 Å². The Morgan fingerprint density at radius 3 is 2.48 bits per heavy atom. The summed E-state index contributed by atoms with van der Waals surface area (Å²) >= 11 is 13.6. The van der Waals surface area contributed by atoms with Gasteiger partial charge in [0.25, 0.3) is 0 Å². The van der Waals surface area contributed by atoms with E-state index in [9.17, 15) is 8.42 Å². The molecule has 146 valence electrons. The molecule has 0 bridgehead atoms. The number of pyridine rings is 1. The van der Waals surface area contributed by atoms with Gasteiger partial charge in [0, 0.05) is 26.4 Å². The number of hydrogen-bond donors (Lipinski definition) is 1. The summed E-state index contributed by atoms with van der Waals surface area (Å²) in [6.45, 7) is 0. The molecule has 27 heavy (non-hydrogen) atoms. The van der Waals surface area contributed by atoms with Crippen LogP contribution in [0, 0.1) is 0 Å². The highest BCUT2D eigenvalue weighted by Gasteiger charge is 2.19. The van der Waals surface area contributed by atoms with Crippen molar-refractivity contribution in [2.24, 2.45) is 0 Å². The summed E-state index contributed by atoms with van der Waals surface area (Å²) in [5.41, 5.74) is 0.493. The zero-order valence-electron chi connectivity index (χ0n) is 14.7. The predicted octanol–water partition coefficient (Wildman–Crippen LogP) is 5.37. The van der Waals surface area contributed by atoms with E-state index in [-0.39, 0.29) is 11.6 Å². The van der Waals surface area contributed by atoms with Gasteiger partial charge in [0.2, 0.25) is 10.0 Å². The second-order valence-electron chi connectivity index (χ2n) is 6.39. The lowest BCUT2D eigenvalue weighted by molar-refractivity contribution is 0.414. The highest BCUT2D eigenvalue weighted by atomic mass is 35.5. The molecule has 1 saturated carbocycles. The van der Waals surface area contributed by atoms with Gasteiger partial charge in [-0.1, -0.05) is 36.0 Å². The molecule has 0 saturated heterocycles. The lowest BCUT2D eigenvalue weighted by Crippen LogP contribution is -2.16. The zero-order valence-corrected chi connectivity index (χ0v) is 17.9. The number of hydrogen-bond acceptors (Lipinski definition) is 5. The van der Waals surface area contributed by atoms with Crippen molar-refractivity contribution >= 4 is 50.8 Å². The maximum atomic E-state index is 12.5. The summed E-state index contributed by atoms with van der Waals surface area (Å²) in [6.07, 6.45) is 6.59. The van der Waals surface area contributed by atoms with Crippen LogP contribution in [0.1, 0.15) is 31.2 Å². The number of sulfonamides is 1. The molecule has 1 aliphatic rings. The molecule has 1 heterocycles. The van der Waals surface area contributed by atoms with Crippen LogP contribution in [-0.4, -0.2) is 25.8 Å². The smallest absolute Gasteiger partial charge is 0.238 e. The molecule has 0 aliphatic heterocycles. The molecule has 9 heteroatoms. The maximum Gasteiger partial charge on any atom is 0.238 e. The third-order valence-corrected chi connectivity index (χ3v) is 7.14. The van der Waals surface area contributed by atoms with Gasteiger partial charge < -0.3 is 4.74 Å². The van der Waals surface area contributed by atoms with E-state index in [0.717, 1.165) is 4.90 Å². The van der Waals surface area contributed by atoms with Crippen molar-refractivity contribution in [3.63, 3.8) is 0 Å². The van der Waals surface area contributed by atoms with E-state index in [1.807, 2.05) is 6.07 Å². The number of rotatable bonds is 7. The van der Waals surface area contributed by atoms with Crippen LogP contribution in [0.25, 0.3) is 0 Å². The molecule has 0 unspecified atom stereocenters. The Morgan fingerprint density at radius 2 is 1.85 bits per heavy atom. The Balaban J connectivity index is 1.74. The first-order valence-corrected chi connectivity index (χ1v) is 11.8. The van der Waals surface area contributed by atoms with Crippen molar-refractivity contribution in [1.29, 1.82) is 0 Å². The third kappa shape index (κ3) is 5.91. The van der Waals surface area contributed by atoms with E-state index in [1.54, 1.807) is 36.2 Å². The standard InChI is InChI=1S/C18H20Cl2N2O3S2/c1-25-17-9-16(26-15-4-2-3-5-15)10-21-18(17)22-27(23,24)11-12-6-13(19)8-14(20)7-12/h6-10,15H,2-5,11H2,1H3,(H,21,22). The topological polar surface area (TPSA) is 68.3 Å². The van der Waals surface area contributed by atoms with Crippen molar-refractivity contribution in [1.82, 2.24) is 4.98 Å². The number of nitrogens with one attached hydrogen (secondary N) is 1. The van der Waals surface area contributed by atoms with Crippen LogP contribution in [0.2, 0.25) is 10.0 Å². The normalized spacial score (nSPS) is 15.1. The molecular formula is C18H20Cl2N2O3S2. The van der Waals surface area contributed by atoms with Crippen LogP contribution in [0.5, 0.6) is 5.75 Å². The highest BCUT2D eigenvalue weighted by molar-refractivity contribution is 8.00. The van der Waals surface area contributed by atoms with E-state index in [2.05, 4.69) is 9.71 Å². The van der Waals surface area contributed by atoms with Gasteiger partial charge in [0.1, 0.15) is 0 Å². The second kappa shape index (κ2) is 8.90. The van der Waals surface area contributed by atoms with Crippen molar-refractivity contribution in [3.05, 3.63) is 46.1 Å². The molecule has 1 aromatic carbocycles. The molecule has 1 aromatic heterocycles. The summed E-state index contributed by atoms with van der Waals surface area (Å²) in [4.78, 5) is 5.24.